The van der Waals surface area contributed by atoms with E-state index in [1.807, 2.05) is 0 Å². The molecule has 0 amide bonds. The molecule has 1 atom stereocenters. The molecule has 13 heavy (non-hydrogen) atoms. The Bertz CT molecular complexity index is 467. The van der Waals surface area contributed by atoms with E-state index < -0.39 is 0 Å². The van der Waals surface area contributed by atoms with Crippen molar-refractivity contribution in [2.24, 2.45) is 0 Å². The normalized spacial score (nSPS) is 12.6. The van der Waals surface area contributed by atoms with E-state index in [0.29, 0.717) is 11.2 Å². The van der Waals surface area contributed by atoms with Gasteiger partial charge in [-0.15, -0.1) is 0 Å². The number of rotatable bonds is 1. The Kier molecular flexibility index (Phi) is 1.67. The zero-order valence-electron chi connectivity index (χ0n) is 7.05. The van der Waals surface area contributed by atoms with Gasteiger partial charge >= 0.3 is 0 Å². The first-order valence-corrected chi connectivity index (χ1v) is 3.85. The third-order valence-electron chi connectivity index (χ3n) is 1.84. The Hall–Kier alpha value is -1.96. The molecule has 0 radical (unpaired) electrons. The molecule has 5 nitrogen and oxygen atoms in total. The number of fused-ring (bicyclic) bond motifs is 1. The maximum atomic E-state index is 8.72. The van der Waals surface area contributed by atoms with Gasteiger partial charge in [-0.3, -0.25) is 4.57 Å². The average Bonchev–Trinajstić information content (AvgIpc) is 2.60. The summed E-state index contributed by atoms with van der Waals surface area (Å²) in [7, 11) is 0. The molecule has 0 aromatic carbocycles. The molecule has 2 aromatic rings. The van der Waals surface area contributed by atoms with E-state index in [9.17, 15) is 0 Å². The van der Waals surface area contributed by atoms with E-state index >= 15 is 0 Å². The van der Waals surface area contributed by atoms with Crippen LogP contribution in [0.2, 0.25) is 0 Å². The van der Waals surface area contributed by atoms with Gasteiger partial charge in [-0.05, 0) is 6.92 Å². The van der Waals surface area contributed by atoms with Crippen LogP contribution in [0.5, 0.6) is 0 Å². The Morgan fingerprint density at radius 2 is 2.38 bits per heavy atom. The standard InChI is InChI=1S/C8H7N5/c1-6(2-9)13-5-12-7-3-10-4-11-8(7)13/h3-6H,1H3. The summed E-state index contributed by atoms with van der Waals surface area (Å²) in [6.45, 7) is 1.79. The van der Waals surface area contributed by atoms with Gasteiger partial charge in [0, 0.05) is 0 Å². The van der Waals surface area contributed by atoms with Crippen molar-refractivity contribution in [2.45, 2.75) is 13.0 Å². The molecule has 2 rings (SSSR count). The maximum Gasteiger partial charge on any atom is 0.164 e. The molecule has 64 valence electrons. The molecule has 0 aliphatic heterocycles. The number of nitriles is 1. The van der Waals surface area contributed by atoms with Gasteiger partial charge in [0.05, 0.1) is 18.6 Å². The topological polar surface area (TPSA) is 67.4 Å². The number of aromatic nitrogens is 4. The third kappa shape index (κ3) is 1.12. The summed E-state index contributed by atoms with van der Waals surface area (Å²) in [6.07, 6.45) is 4.68. The van der Waals surface area contributed by atoms with Crippen molar-refractivity contribution in [3.63, 3.8) is 0 Å². The lowest BCUT2D eigenvalue weighted by molar-refractivity contribution is 0.687. The molecular weight excluding hydrogens is 166 g/mol. The van der Waals surface area contributed by atoms with Crippen molar-refractivity contribution in [1.29, 1.82) is 5.26 Å². The second-order valence-corrected chi connectivity index (χ2v) is 2.69. The summed E-state index contributed by atoms with van der Waals surface area (Å²) in [6, 6.07) is 1.87. The minimum absolute atomic E-state index is 0.250. The fourth-order valence-corrected chi connectivity index (χ4v) is 1.13. The fraction of sp³-hybridized carbons (Fsp3) is 0.250. The van der Waals surface area contributed by atoms with Crippen LogP contribution in [0.1, 0.15) is 13.0 Å². The van der Waals surface area contributed by atoms with Crippen LogP contribution in [-0.4, -0.2) is 19.5 Å². The van der Waals surface area contributed by atoms with Crippen LogP contribution in [0.15, 0.2) is 18.9 Å². The SMILES string of the molecule is CC(C#N)n1cnc2cncnc21. The van der Waals surface area contributed by atoms with Crippen molar-refractivity contribution < 1.29 is 0 Å². The van der Waals surface area contributed by atoms with E-state index in [-0.39, 0.29) is 6.04 Å². The van der Waals surface area contributed by atoms with Crippen molar-refractivity contribution >= 4 is 11.2 Å². The number of hydrogen-bond donors (Lipinski definition) is 0. The summed E-state index contributed by atoms with van der Waals surface area (Å²) in [5.41, 5.74) is 1.41. The summed E-state index contributed by atoms with van der Waals surface area (Å²) in [5, 5.41) is 8.72. The van der Waals surface area contributed by atoms with Crippen LogP contribution >= 0.6 is 0 Å². The van der Waals surface area contributed by atoms with E-state index in [1.165, 1.54) is 6.33 Å². The predicted octanol–water partition coefficient (Wildman–Crippen LogP) is 0.911. The van der Waals surface area contributed by atoms with Crippen LogP contribution in [0.3, 0.4) is 0 Å². The minimum Gasteiger partial charge on any atom is -0.299 e. The zero-order valence-corrected chi connectivity index (χ0v) is 7.05. The lowest BCUT2D eigenvalue weighted by Crippen LogP contribution is -2.01. The highest BCUT2D eigenvalue weighted by Crippen LogP contribution is 2.12. The molecule has 0 aliphatic carbocycles. The molecular formula is C8H7N5. The highest BCUT2D eigenvalue weighted by molar-refractivity contribution is 5.69. The highest BCUT2D eigenvalue weighted by atomic mass is 15.1. The van der Waals surface area contributed by atoms with Gasteiger partial charge < -0.3 is 0 Å². The largest absolute Gasteiger partial charge is 0.299 e. The fourth-order valence-electron chi connectivity index (χ4n) is 1.13. The molecule has 1 unspecified atom stereocenters. The minimum atomic E-state index is -0.250. The summed E-state index contributed by atoms with van der Waals surface area (Å²) >= 11 is 0. The van der Waals surface area contributed by atoms with Gasteiger partial charge in [0.2, 0.25) is 0 Å². The van der Waals surface area contributed by atoms with Crippen LogP contribution < -0.4 is 0 Å². The van der Waals surface area contributed by atoms with Crippen molar-refractivity contribution in [1.82, 2.24) is 19.5 Å². The Balaban J connectivity index is 2.66. The Labute approximate surface area is 74.7 Å². The number of hydrogen-bond acceptors (Lipinski definition) is 4. The lowest BCUT2D eigenvalue weighted by Gasteiger charge is -2.02. The maximum absolute atomic E-state index is 8.72. The lowest BCUT2D eigenvalue weighted by atomic mass is 10.4. The highest BCUT2D eigenvalue weighted by Gasteiger charge is 2.08. The third-order valence-corrected chi connectivity index (χ3v) is 1.84. The van der Waals surface area contributed by atoms with Crippen LogP contribution in [0.4, 0.5) is 0 Å². The molecule has 0 bridgehead atoms. The molecule has 0 fully saturated rings. The van der Waals surface area contributed by atoms with Crippen molar-refractivity contribution in [2.75, 3.05) is 0 Å². The second-order valence-electron chi connectivity index (χ2n) is 2.69. The van der Waals surface area contributed by atoms with Crippen molar-refractivity contribution in [3.05, 3.63) is 18.9 Å². The first kappa shape index (κ1) is 7.68. The number of nitrogens with zero attached hydrogens (tertiary/aromatic N) is 5. The second kappa shape index (κ2) is 2.83. The molecule has 0 aliphatic rings. The summed E-state index contributed by atoms with van der Waals surface area (Å²) in [4.78, 5) is 12.0. The van der Waals surface area contributed by atoms with E-state index in [0.717, 1.165) is 0 Å². The van der Waals surface area contributed by atoms with E-state index in [1.54, 1.807) is 24.0 Å². The monoisotopic (exact) mass is 173 g/mol. The predicted molar refractivity (Wildman–Crippen MR) is 45.6 cm³/mol. The molecule has 2 heterocycles. The summed E-state index contributed by atoms with van der Waals surface area (Å²) in [5.74, 6) is 0. The van der Waals surface area contributed by atoms with Gasteiger partial charge in [0.25, 0.3) is 0 Å². The van der Waals surface area contributed by atoms with Gasteiger partial charge in [-0.25, -0.2) is 15.0 Å². The molecule has 0 saturated heterocycles. The smallest absolute Gasteiger partial charge is 0.164 e. The zero-order chi connectivity index (χ0) is 9.26. The van der Waals surface area contributed by atoms with Crippen LogP contribution in [0.25, 0.3) is 11.2 Å². The van der Waals surface area contributed by atoms with Crippen LogP contribution in [0, 0.1) is 11.3 Å². The first-order valence-electron chi connectivity index (χ1n) is 3.85. The molecule has 2 aromatic heterocycles. The van der Waals surface area contributed by atoms with E-state index in [2.05, 4.69) is 21.0 Å². The number of imidazole rings is 1. The molecule has 5 heteroatoms. The Morgan fingerprint density at radius 1 is 1.54 bits per heavy atom. The Morgan fingerprint density at radius 3 is 3.15 bits per heavy atom. The summed E-state index contributed by atoms with van der Waals surface area (Å²) < 4.78 is 1.72. The quantitative estimate of drug-likeness (QED) is 0.642. The van der Waals surface area contributed by atoms with Crippen molar-refractivity contribution in [3.8, 4) is 6.07 Å². The van der Waals surface area contributed by atoms with E-state index in [4.69, 9.17) is 5.26 Å². The van der Waals surface area contributed by atoms with Gasteiger partial charge in [0.1, 0.15) is 17.9 Å². The first-order chi connectivity index (χ1) is 6.33. The van der Waals surface area contributed by atoms with Crippen LogP contribution in [-0.2, 0) is 0 Å². The van der Waals surface area contributed by atoms with Gasteiger partial charge in [-0.1, -0.05) is 0 Å². The molecule has 0 spiro atoms. The molecule has 0 N–H and O–H groups in total. The average molecular weight is 173 g/mol. The van der Waals surface area contributed by atoms with Gasteiger partial charge in [-0.2, -0.15) is 5.26 Å². The molecule has 0 saturated carbocycles. The van der Waals surface area contributed by atoms with Gasteiger partial charge in [0.15, 0.2) is 5.65 Å².